The lowest BCUT2D eigenvalue weighted by Crippen LogP contribution is -2.46. The number of benzene rings is 2. The second-order valence-corrected chi connectivity index (χ2v) is 8.31. The number of nitrogens with zero attached hydrogens (tertiary/aromatic N) is 1. The molecular formula is C22H18F4N4O2. The van der Waals surface area contributed by atoms with Gasteiger partial charge >= 0.3 is 6.18 Å². The molecule has 1 heterocycles. The number of fused-ring (bicyclic) bond motifs is 1. The third-order valence-corrected chi connectivity index (χ3v) is 5.96. The van der Waals surface area contributed by atoms with Crippen molar-refractivity contribution < 1.29 is 27.2 Å². The molecule has 3 aromatic rings. The normalized spacial score (nSPS) is 21.2. The van der Waals surface area contributed by atoms with E-state index in [0.717, 1.165) is 17.1 Å². The molecule has 0 spiro atoms. The number of carbonyl (C=O) groups is 2. The van der Waals surface area contributed by atoms with Gasteiger partial charge in [-0.3, -0.25) is 9.59 Å². The first-order valence-electron chi connectivity index (χ1n) is 10.1. The van der Waals surface area contributed by atoms with E-state index in [0.29, 0.717) is 37.2 Å². The maximum absolute atomic E-state index is 13.5. The Labute approximate surface area is 179 Å². The Morgan fingerprint density at radius 3 is 2.56 bits per heavy atom. The fourth-order valence-corrected chi connectivity index (χ4v) is 3.87. The number of imidazole rings is 1. The minimum absolute atomic E-state index is 0.0762. The molecule has 0 bridgehead atoms. The molecule has 2 atom stereocenters. The summed E-state index contributed by atoms with van der Waals surface area (Å²) in [6, 6.07) is 9.78. The van der Waals surface area contributed by atoms with Crippen LogP contribution >= 0.6 is 0 Å². The van der Waals surface area contributed by atoms with Gasteiger partial charge in [0.05, 0.1) is 16.6 Å². The number of rotatable bonds is 5. The summed E-state index contributed by atoms with van der Waals surface area (Å²) in [6.07, 6.45) is -3.54. The zero-order valence-electron chi connectivity index (χ0n) is 16.6. The van der Waals surface area contributed by atoms with Crippen LogP contribution in [0.1, 0.15) is 36.6 Å². The molecule has 0 aliphatic heterocycles. The lowest BCUT2D eigenvalue weighted by molar-refractivity contribution is -0.140. The summed E-state index contributed by atoms with van der Waals surface area (Å²) in [7, 11) is 0. The van der Waals surface area contributed by atoms with Crippen molar-refractivity contribution in [3.05, 3.63) is 59.7 Å². The van der Waals surface area contributed by atoms with Crippen molar-refractivity contribution >= 4 is 28.5 Å². The number of anilines is 1. The van der Waals surface area contributed by atoms with Crippen LogP contribution in [-0.4, -0.2) is 27.3 Å². The Morgan fingerprint density at radius 1 is 1.12 bits per heavy atom. The smallest absolute Gasteiger partial charge is 0.342 e. The second kappa shape index (κ2) is 7.04. The fourth-order valence-electron chi connectivity index (χ4n) is 3.87. The van der Waals surface area contributed by atoms with Crippen LogP contribution in [0.2, 0.25) is 0 Å². The Hall–Kier alpha value is -3.43. The number of hydrogen-bond donors (Lipinski definition) is 3. The van der Waals surface area contributed by atoms with Gasteiger partial charge in [-0.15, -0.1) is 0 Å². The molecule has 0 saturated heterocycles. The van der Waals surface area contributed by atoms with Gasteiger partial charge in [0.1, 0.15) is 17.2 Å². The highest BCUT2D eigenvalue weighted by Crippen LogP contribution is 2.48. The predicted octanol–water partition coefficient (Wildman–Crippen LogP) is 4.11. The molecule has 1 aromatic heterocycles. The van der Waals surface area contributed by atoms with Crippen LogP contribution in [0.4, 0.5) is 23.2 Å². The van der Waals surface area contributed by atoms with Crippen molar-refractivity contribution in [2.24, 2.45) is 5.92 Å². The zero-order chi connectivity index (χ0) is 22.7. The summed E-state index contributed by atoms with van der Waals surface area (Å²) in [5.74, 6) is -2.03. The molecule has 6 nitrogen and oxygen atoms in total. The van der Waals surface area contributed by atoms with E-state index in [1.807, 2.05) is 24.3 Å². The Morgan fingerprint density at radius 2 is 1.88 bits per heavy atom. The maximum Gasteiger partial charge on any atom is 0.419 e. The van der Waals surface area contributed by atoms with Gasteiger partial charge in [0, 0.05) is 17.5 Å². The van der Waals surface area contributed by atoms with E-state index in [1.54, 1.807) is 0 Å². The standard InChI is InChI=1S/C22H18F4N4O2/c23-15-6-5-11(9-14(15)22(24,25)26)27-20(32)21(7-8-21)30-19(31)13-10-12(13)18-28-16-3-1-2-4-17(16)29-18/h1-6,9,12-13H,7-8,10H2,(H,27,32)(H,28,29)(H,30,31)/t12-,13-/m0/s1. The highest BCUT2D eigenvalue weighted by Gasteiger charge is 2.55. The number of aromatic nitrogens is 2. The van der Waals surface area contributed by atoms with Crippen LogP contribution in [-0.2, 0) is 15.8 Å². The Kier molecular flexibility index (Phi) is 4.51. The minimum atomic E-state index is -4.88. The lowest BCUT2D eigenvalue weighted by atomic mass is 10.1. The summed E-state index contributed by atoms with van der Waals surface area (Å²) in [4.78, 5) is 33.1. The summed E-state index contributed by atoms with van der Waals surface area (Å²) < 4.78 is 52.2. The van der Waals surface area contributed by atoms with Crippen molar-refractivity contribution in [3.63, 3.8) is 0 Å². The van der Waals surface area contributed by atoms with Gasteiger partial charge < -0.3 is 15.6 Å². The molecule has 2 saturated carbocycles. The summed E-state index contributed by atoms with van der Waals surface area (Å²) in [5, 5.41) is 5.12. The van der Waals surface area contributed by atoms with Crippen molar-refractivity contribution in [1.29, 1.82) is 0 Å². The molecule has 2 aromatic carbocycles. The Balaban J connectivity index is 1.24. The number of hydrogen-bond acceptors (Lipinski definition) is 3. The van der Waals surface area contributed by atoms with Crippen molar-refractivity contribution in [3.8, 4) is 0 Å². The van der Waals surface area contributed by atoms with Gasteiger partial charge in [-0.2, -0.15) is 13.2 Å². The third kappa shape index (κ3) is 3.69. The van der Waals surface area contributed by atoms with Crippen LogP contribution in [0.25, 0.3) is 11.0 Å². The van der Waals surface area contributed by atoms with E-state index in [9.17, 15) is 27.2 Å². The summed E-state index contributed by atoms with van der Waals surface area (Å²) >= 11 is 0. The van der Waals surface area contributed by atoms with Crippen LogP contribution in [0.5, 0.6) is 0 Å². The fraction of sp³-hybridized carbons (Fsp3) is 0.318. The topological polar surface area (TPSA) is 86.9 Å². The van der Waals surface area contributed by atoms with Crippen LogP contribution in [0.15, 0.2) is 42.5 Å². The molecule has 2 aliphatic carbocycles. The molecule has 5 rings (SSSR count). The first-order valence-corrected chi connectivity index (χ1v) is 10.1. The molecule has 166 valence electrons. The first-order chi connectivity index (χ1) is 15.2. The van der Waals surface area contributed by atoms with Crippen molar-refractivity contribution in [1.82, 2.24) is 15.3 Å². The number of para-hydroxylation sites is 2. The van der Waals surface area contributed by atoms with E-state index in [-0.39, 0.29) is 23.4 Å². The summed E-state index contributed by atoms with van der Waals surface area (Å²) in [5.41, 5.74) is -1.12. The molecule has 2 aliphatic rings. The van der Waals surface area contributed by atoms with Crippen LogP contribution < -0.4 is 10.6 Å². The highest BCUT2D eigenvalue weighted by atomic mass is 19.4. The van der Waals surface area contributed by atoms with E-state index in [1.165, 1.54) is 0 Å². The first kappa shape index (κ1) is 20.5. The van der Waals surface area contributed by atoms with Gasteiger partial charge in [0.25, 0.3) is 0 Å². The summed E-state index contributed by atoms with van der Waals surface area (Å²) in [6.45, 7) is 0. The number of H-pyrrole nitrogens is 1. The molecule has 0 radical (unpaired) electrons. The number of nitrogens with one attached hydrogen (secondary N) is 3. The molecule has 2 fully saturated rings. The highest BCUT2D eigenvalue weighted by molar-refractivity contribution is 6.03. The number of halogens is 4. The molecule has 0 unspecified atom stereocenters. The monoisotopic (exact) mass is 446 g/mol. The predicted molar refractivity (Wildman–Crippen MR) is 107 cm³/mol. The lowest BCUT2D eigenvalue weighted by Gasteiger charge is -2.18. The Bertz CT molecular complexity index is 1200. The molecule has 32 heavy (non-hydrogen) atoms. The van der Waals surface area contributed by atoms with Gasteiger partial charge in [0.2, 0.25) is 11.8 Å². The number of amides is 2. The van der Waals surface area contributed by atoms with Gasteiger partial charge in [-0.05, 0) is 49.6 Å². The molecule has 3 N–H and O–H groups in total. The zero-order valence-corrected chi connectivity index (χ0v) is 16.6. The van der Waals surface area contributed by atoms with E-state index in [4.69, 9.17) is 0 Å². The molecular weight excluding hydrogens is 428 g/mol. The number of aromatic amines is 1. The van der Waals surface area contributed by atoms with Crippen LogP contribution in [0, 0.1) is 11.7 Å². The minimum Gasteiger partial charge on any atom is -0.342 e. The quantitative estimate of drug-likeness (QED) is 0.516. The SMILES string of the molecule is O=C(NC1(C(=O)Nc2ccc(F)c(C(F)(F)F)c2)CC1)[C@H]1C[C@@H]1c1nc2ccccc2[nH]1. The van der Waals surface area contributed by atoms with E-state index >= 15 is 0 Å². The average molecular weight is 446 g/mol. The third-order valence-electron chi connectivity index (χ3n) is 5.96. The van der Waals surface area contributed by atoms with Crippen molar-refractivity contribution in [2.75, 3.05) is 5.32 Å². The second-order valence-electron chi connectivity index (χ2n) is 8.31. The maximum atomic E-state index is 13.5. The largest absolute Gasteiger partial charge is 0.419 e. The van der Waals surface area contributed by atoms with Gasteiger partial charge in [-0.1, -0.05) is 12.1 Å². The van der Waals surface area contributed by atoms with Gasteiger partial charge in [-0.25, -0.2) is 9.37 Å². The number of alkyl halides is 3. The van der Waals surface area contributed by atoms with Gasteiger partial charge in [0.15, 0.2) is 0 Å². The molecule has 2 amide bonds. The average Bonchev–Trinajstić information content (AvgIpc) is 3.65. The van der Waals surface area contributed by atoms with E-state index in [2.05, 4.69) is 20.6 Å². The number of carbonyl (C=O) groups excluding carboxylic acids is 2. The van der Waals surface area contributed by atoms with Crippen molar-refractivity contribution in [2.45, 2.75) is 36.9 Å². The molecule has 10 heteroatoms. The van der Waals surface area contributed by atoms with E-state index < -0.39 is 29.0 Å². The van der Waals surface area contributed by atoms with Crippen LogP contribution in [0.3, 0.4) is 0 Å².